The van der Waals surface area contributed by atoms with Gasteiger partial charge in [0, 0.05) is 25.5 Å². The van der Waals surface area contributed by atoms with Crippen molar-refractivity contribution in [3.8, 4) is 0 Å². The quantitative estimate of drug-likeness (QED) is 0.251. The molecule has 0 N–H and O–H groups in total. The van der Waals surface area contributed by atoms with E-state index in [0.717, 1.165) is 20.9 Å². The van der Waals surface area contributed by atoms with Crippen LogP contribution in [0.2, 0.25) is 0 Å². The van der Waals surface area contributed by atoms with Crippen LogP contribution in [-0.4, -0.2) is 25.3 Å². The van der Waals surface area contributed by atoms with E-state index in [-0.39, 0.29) is 16.3 Å². The van der Waals surface area contributed by atoms with Crippen LogP contribution in [0, 0.1) is 0 Å². The molecule has 0 aliphatic carbocycles. The lowest BCUT2D eigenvalue weighted by molar-refractivity contribution is -0.339. The van der Waals surface area contributed by atoms with Gasteiger partial charge in [-0.2, -0.15) is 0 Å². The summed E-state index contributed by atoms with van der Waals surface area (Å²) in [6, 6.07) is 8.72. The highest BCUT2D eigenvalue weighted by Crippen LogP contribution is 2.60. The number of fused-ring (bicyclic) bond motifs is 1. The van der Waals surface area contributed by atoms with Crippen molar-refractivity contribution in [2.45, 2.75) is 16.6 Å². The first kappa shape index (κ1) is 27.7. The largest absolute Gasteiger partial charge is 0.790 e. The molecular weight excluding hydrogens is 553 g/mol. The van der Waals surface area contributed by atoms with E-state index < -0.39 is 47.9 Å². The van der Waals surface area contributed by atoms with Gasteiger partial charge in [-0.15, -0.1) is 0 Å². The maximum Gasteiger partial charge on any atom is 0.332 e. The topological polar surface area (TPSA) is 233 Å². The Morgan fingerprint density at radius 2 is 1.57 bits per heavy atom. The Morgan fingerprint density at radius 3 is 2.17 bits per heavy atom. The Kier molecular flexibility index (Phi) is 8.11. The number of aryl methyl sites for hydroxylation is 1. The molecule has 192 valence electrons. The van der Waals surface area contributed by atoms with E-state index in [0.29, 0.717) is 4.90 Å². The minimum absolute atomic E-state index is 0.00260. The van der Waals surface area contributed by atoms with E-state index in [1.54, 1.807) is 30.3 Å². The molecule has 20 heteroatoms. The van der Waals surface area contributed by atoms with E-state index in [9.17, 15) is 42.9 Å². The zero-order valence-electron chi connectivity index (χ0n) is 17.7. The van der Waals surface area contributed by atoms with Crippen molar-refractivity contribution in [3.63, 3.8) is 0 Å². The minimum Gasteiger partial charge on any atom is -0.790 e. The van der Waals surface area contributed by atoms with Gasteiger partial charge in [0.15, 0.2) is 16.3 Å². The van der Waals surface area contributed by atoms with Gasteiger partial charge in [0.05, 0.1) is 14.4 Å². The number of phosphoric ester groups is 1. The first-order chi connectivity index (χ1) is 16.1. The summed E-state index contributed by atoms with van der Waals surface area (Å²) in [4.78, 5) is 74.0. The molecule has 0 aliphatic heterocycles. The third-order valence-corrected chi connectivity index (χ3v) is 8.93. The second-order valence-electron chi connectivity index (χ2n) is 6.68. The van der Waals surface area contributed by atoms with Crippen molar-refractivity contribution in [1.82, 2.24) is 18.7 Å². The molecule has 0 bridgehead atoms. The van der Waals surface area contributed by atoms with E-state index in [2.05, 4.69) is 18.1 Å². The number of benzene rings is 1. The molecule has 0 radical (unpaired) electrons. The van der Waals surface area contributed by atoms with Crippen LogP contribution in [-0.2, 0) is 47.5 Å². The molecule has 0 saturated carbocycles. The predicted octanol–water partition coefficient (Wildman–Crippen LogP) is -1.60. The summed E-state index contributed by atoms with van der Waals surface area (Å²) in [5.41, 5.74) is -1.47. The highest BCUT2D eigenvalue weighted by molar-refractivity contribution is 7.99. The molecule has 1 aromatic carbocycles. The molecule has 0 saturated heterocycles. The molecule has 0 fully saturated rings. The zero-order chi connectivity index (χ0) is 26.2. The van der Waals surface area contributed by atoms with Gasteiger partial charge in [-0.05, 0) is 12.1 Å². The fraction of sp³-hybridized carbons (Fsp3) is 0.267. The van der Waals surface area contributed by atoms with E-state index in [1.165, 1.54) is 18.7 Å². The van der Waals surface area contributed by atoms with Gasteiger partial charge >= 0.3 is 5.69 Å². The smallest absolute Gasteiger partial charge is 0.332 e. The van der Waals surface area contributed by atoms with Crippen LogP contribution >= 0.6 is 35.2 Å². The summed E-state index contributed by atoms with van der Waals surface area (Å²) in [7, 11) is -15.3. The SMILES string of the molecule is Cn1c(=O)c2c(nc(Sc3ccccc3)n2CCOP(=O)([O-])OP(=O)([O-])OP(=O)([O-])[O-])n(C)c1=O. The zero-order valence-corrected chi connectivity index (χ0v) is 21.2. The van der Waals surface area contributed by atoms with Gasteiger partial charge in [0.1, 0.15) is 0 Å². The van der Waals surface area contributed by atoms with Crippen molar-refractivity contribution >= 4 is 46.4 Å². The van der Waals surface area contributed by atoms with Crippen molar-refractivity contribution in [3.05, 3.63) is 51.2 Å². The van der Waals surface area contributed by atoms with Crippen LogP contribution in [0.5, 0.6) is 0 Å². The number of hydrogen-bond acceptors (Lipinski definition) is 14. The molecular formula is C15H15N4O12P3S-4. The lowest BCUT2D eigenvalue weighted by Crippen LogP contribution is -2.37. The van der Waals surface area contributed by atoms with Crippen molar-refractivity contribution in [2.24, 2.45) is 14.1 Å². The number of hydrogen-bond donors (Lipinski definition) is 0. The summed E-state index contributed by atoms with van der Waals surface area (Å²) in [6.07, 6.45) is 0. The Bertz CT molecular complexity index is 1510. The molecule has 3 aromatic rings. The van der Waals surface area contributed by atoms with Crippen LogP contribution in [0.15, 0.2) is 50.0 Å². The molecule has 16 nitrogen and oxygen atoms in total. The molecule has 2 unspecified atom stereocenters. The van der Waals surface area contributed by atoms with Crippen LogP contribution in [0.3, 0.4) is 0 Å². The Labute approximate surface area is 200 Å². The number of imidazole rings is 1. The van der Waals surface area contributed by atoms with E-state index >= 15 is 0 Å². The van der Waals surface area contributed by atoms with Gasteiger partial charge in [0.25, 0.3) is 21.2 Å². The fourth-order valence-electron chi connectivity index (χ4n) is 2.83. The normalized spacial score (nSPS) is 15.7. The van der Waals surface area contributed by atoms with Gasteiger partial charge in [-0.3, -0.25) is 27.4 Å². The molecule has 0 aliphatic rings. The molecule has 0 amide bonds. The van der Waals surface area contributed by atoms with Crippen LogP contribution < -0.4 is 30.8 Å². The first-order valence-electron chi connectivity index (χ1n) is 9.21. The average Bonchev–Trinajstić information content (AvgIpc) is 3.07. The predicted molar refractivity (Wildman–Crippen MR) is 112 cm³/mol. The molecule has 35 heavy (non-hydrogen) atoms. The Morgan fingerprint density at radius 1 is 0.943 bits per heavy atom. The highest BCUT2D eigenvalue weighted by atomic mass is 32.2. The van der Waals surface area contributed by atoms with Crippen molar-refractivity contribution < 1.29 is 46.4 Å². The first-order valence-corrected chi connectivity index (χ1v) is 14.4. The van der Waals surface area contributed by atoms with Crippen LogP contribution in [0.1, 0.15) is 0 Å². The van der Waals surface area contributed by atoms with E-state index in [4.69, 9.17) is 0 Å². The lowest BCUT2D eigenvalue weighted by Gasteiger charge is -2.37. The summed E-state index contributed by atoms with van der Waals surface area (Å²) in [5.74, 6) is 0. The fourth-order valence-corrected chi connectivity index (χ4v) is 6.60. The summed E-state index contributed by atoms with van der Waals surface area (Å²) in [5, 5.41) is 0.172. The molecule has 2 heterocycles. The number of nitrogens with zero attached hydrogens (tertiary/aromatic N) is 4. The lowest BCUT2D eigenvalue weighted by atomic mass is 10.4. The number of aromatic nitrogens is 4. The Hall–Kier alpha value is -1.87. The van der Waals surface area contributed by atoms with Crippen LogP contribution in [0.25, 0.3) is 11.2 Å². The summed E-state index contributed by atoms with van der Waals surface area (Å²) < 4.78 is 47.8. The molecule has 2 aromatic heterocycles. The van der Waals surface area contributed by atoms with Gasteiger partial charge < -0.3 is 33.2 Å². The molecule has 3 rings (SSSR count). The summed E-state index contributed by atoms with van der Waals surface area (Å²) >= 11 is 1.08. The second kappa shape index (κ2) is 10.2. The molecule has 0 spiro atoms. The maximum atomic E-state index is 12.8. The summed E-state index contributed by atoms with van der Waals surface area (Å²) in [6.45, 7) is -1.21. The highest BCUT2D eigenvalue weighted by Gasteiger charge is 2.23. The van der Waals surface area contributed by atoms with Crippen LogP contribution in [0.4, 0.5) is 0 Å². The van der Waals surface area contributed by atoms with E-state index in [1.807, 2.05) is 0 Å². The minimum atomic E-state index is -6.12. The number of phosphoric acid groups is 3. The van der Waals surface area contributed by atoms with Gasteiger partial charge in [-0.1, -0.05) is 30.0 Å². The standard InChI is InChI=1S/C15H19N4O12P3S/c1-17-12-11(13(20)18(2)15(17)21)19(14(16-12)35-10-6-4-3-5-7-10)8-9-29-33(25,26)31-34(27,28)30-32(22,23)24/h3-7H,8-9H2,1-2H3,(H,25,26)(H,27,28)(H2,22,23,24)/p-4. The monoisotopic (exact) mass is 568 g/mol. The third-order valence-electron chi connectivity index (χ3n) is 4.23. The Balaban J connectivity index is 1.92. The number of rotatable bonds is 10. The molecule has 2 atom stereocenters. The van der Waals surface area contributed by atoms with Crippen molar-refractivity contribution in [2.75, 3.05) is 6.61 Å². The second-order valence-corrected chi connectivity index (χ2v) is 12.0. The van der Waals surface area contributed by atoms with Crippen molar-refractivity contribution in [1.29, 1.82) is 0 Å². The third kappa shape index (κ3) is 6.88. The van der Waals surface area contributed by atoms with Gasteiger partial charge in [0.2, 0.25) is 0 Å². The average molecular weight is 568 g/mol. The van der Waals surface area contributed by atoms with Gasteiger partial charge in [-0.25, -0.2) is 14.1 Å². The maximum absolute atomic E-state index is 12.8.